The van der Waals surface area contributed by atoms with E-state index in [1.807, 2.05) is 31.2 Å². The van der Waals surface area contributed by atoms with Crippen LogP contribution in [-0.2, 0) is 12.8 Å². The Kier molecular flexibility index (Phi) is 2.54. The van der Waals surface area contributed by atoms with Gasteiger partial charge in [-0.15, -0.1) is 11.3 Å². The summed E-state index contributed by atoms with van der Waals surface area (Å²) in [6.07, 6.45) is 3.27. The maximum atomic E-state index is 12.4. The number of aryl methyl sites for hydroxylation is 3. The highest BCUT2D eigenvalue weighted by Crippen LogP contribution is 2.35. The minimum atomic E-state index is 0.00709. The second-order valence-corrected chi connectivity index (χ2v) is 6.35. The smallest absolute Gasteiger partial charge is 0.260 e. The van der Waals surface area contributed by atoms with Crippen molar-refractivity contribution < 1.29 is 0 Å². The molecule has 0 saturated carbocycles. The van der Waals surface area contributed by atoms with Crippen molar-refractivity contribution in [3.63, 3.8) is 0 Å². The number of H-pyrrole nitrogens is 1. The molecule has 2 heterocycles. The van der Waals surface area contributed by atoms with Gasteiger partial charge in [-0.1, -0.05) is 24.3 Å². The molecule has 2 aromatic heterocycles. The van der Waals surface area contributed by atoms with E-state index in [1.54, 1.807) is 11.3 Å². The molecule has 4 rings (SSSR count). The van der Waals surface area contributed by atoms with Crippen molar-refractivity contribution in [2.45, 2.75) is 26.2 Å². The molecule has 0 fully saturated rings. The topological polar surface area (TPSA) is 45.8 Å². The zero-order valence-electron chi connectivity index (χ0n) is 11.2. The van der Waals surface area contributed by atoms with Crippen molar-refractivity contribution in [2.24, 2.45) is 0 Å². The van der Waals surface area contributed by atoms with Crippen LogP contribution in [0.25, 0.3) is 21.6 Å². The summed E-state index contributed by atoms with van der Waals surface area (Å²) in [5, 5.41) is 0.819. The monoisotopic (exact) mass is 282 g/mol. The van der Waals surface area contributed by atoms with Crippen molar-refractivity contribution in [3.05, 3.63) is 50.6 Å². The molecule has 1 aromatic carbocycles. The Labute approximate surface area is 120 Å². The standard InChI is InChI=1S/C16H14N2OS/c1-9-5-2-3-6-10(9)14-17-15(19)13-11-7-4-8-12(11)20-16(13)18-14/h2-3,5-6H,4,7-8H2,1H3,(H,17,18,19). The van der Waals surface area contributed by atoms with Crippen molar-refractivity contribution >= 4 is 21.6 Å². The van der Waals surface area contributed by atoms with Gasteiger partial charge in [0.05, 0.1) is 5.39 Å². The summed E-state index contributed by atoms with van der Waals surface area (Å²) in [5.74, 6) is 0.681. The highest BCUT2D eigenvalue weighted by atomic mass is 32.1. The summed E-state index contributed by atoms with van der Waals surface area (Å²) < 4.78 is 0. The first-order valence-corrected chi connectivity index (χ1v) is 7.66. The summed E-state index contributed by atoms with van der Waals surface area (Å²) in [7, 11) is 0. The predicted octanol–water partition coefficient (Wildman–Crippen LogP) is 3.45. The molecule has 0 unspecified atom stereocenters. The first kappa shape index (κ1) is 11.9. The maximum Gasteiger partial charge on any atom is 0.260 e. The van der Waals surface area contributed by atoms with Gasteiger partial charge in [0.15, 0.2) is 0 Å². The number of benzene rings is 1. The van der Waals surface area contributed by atoms with Gasteiger partial charge in [-0.2, -0.15) is 0 Å². The summed E-state index contributed by atoms with van der Waals surface area (Å²) >= 11 is 1.68. The van der Waals surface area contributed by atoms with Crippen molar-refractivity contribution in [1.82, 2.24) is 9.97 Å². The third-order valence-corrected chi connectivity index (χ3v) is 5.16. The highest BCUT2D eigenvalue weighted by Gasteiger charge is 2.21. The van der Waals surface area contributed by atoms with E-state index in [0.717, 1.165) is 40.6 Å². The Morgan fingerprint density at radius 3 is 2.95 bits per heavy atom. The SMILES string of the molecule is Cc1ccccc1-c1nc2sc3c(c2c(=O)[nH]1)CCC3. The van der Waals surface area contributed by atoms with E-state index in [4.69, 9.17) is 4.98 Å². The van der Waals surface area contributed by atoms with E-state index in [2.05, 4.69) is 4.98 Å². The molecule has 1 aliphatic carbocycles. The predicted molar refractivity (Wildman–Crippen MR) is 82.4 cm³/mol. The molecule has 0 bridgehead atoms. The molecule has 0 aliphatic heterocycles. The molecule has 100 valence electrons. The number of nitrogens with zero attached hydrogens (tertiary/aromatic N) is 1. The number of hydrogen-bond donors (Lipinski definition) is 1. The normalized spacial score (nSPS) is 13.8. The molecular formula is C16H14N2OS. The fraction of sp³-hybridized carbons (Fsp3) is 0.250. The van der Waals surface area contributed by atoms with Gasteiger partial charge in [-0.25, -0.2) is 4.98 Å². The van der Waals surface area contributed by atoms with Gasteiger partial charge >= 0.3 is 0 Å². The highest BCUT2D eigenvalue weighted by molar-refractivity contribution is 7.18. The number of fused-ring (bicyclic) bond motifs is 3. The van der Waals surface area contributed by atoms with Crippen molar-refractivity contribution in [1.29, 1.82) is 0 Å². The van der Waals surface area contributed by atoms with Gasteiger partial charge < -0.3 is 4.98 Å². The van der Waals surface area contributed by atoms with Crippen molar-refractivity contribution in [2.75, 3.05) is 0 Å². The van der Waals surface area contributed by atoms with Crippen LogP contribution in [0.15, 0.2) is 29.1 Å². The molecule has 20 heavy (non-hydrogen) atoms. The van der Waals surface area contributed by atoms with Crippen LogP contribution in [0, 0.1) is 6.92 Å². The van der Waals surface area contributed by atoms with E-state index < -0.39 is 0 Å². The first-order chi connectivity index (χ1) is 9.74. The van der Waals surface area contributed by atoms with Crippen LogP contribution in [0.4, 0.5) is 0 Å². The maximum absolute atomic E-state index is 12.4. The second-order valence-electron chi connectivity index (χ2n) is 5.27. The molecule has 1 aliphatic rings. The van der Waals surface area contributed by atoms with Crippen LogP contribution in [0.1, 0.15) is 22.4 Å². The van der Waals surface area contributed by atoms with Crippen molar-refractivity contribution in [3.8, 4) is 11.4 Å². The molecule has 0 spiro atoms. The Morgan fingerprint density at radius 1 is 1.25 bits per heavy atom. The van der Waals surface area contributed by atoms with Crippen LogP contribution >= 0.6 is 11.3 Å². The Hall–Kier alpha value is -1.94. The van der Waals surface area contributed by atoms with Crippen LogP contribution in [0.5, 0.6) is 0 Å². The van der Waals surface area contributed by atoms with E-state index in [-0.39, 0.29) is 5.56 Å². The van der Waals surface area contributed by atoms with E-state index in [9.17, 15) is 4.79 Å². The van der Waals surface area contributed by atoms with Crippen LogP contribution in [0.2, 0.25) is 0 Å². The lowest BCUT2D eigenvalue weighted by molar-refractivity contribution is 0.916. The third-order valence-electron chi connectivity index (χ3n) is 3.98. The van der Waals surface area contributed by atoms with E-state index in [1.165, 1.54) is 10.4 Å². The molecule has 0 radical (unpaired) electrons. The number of thiophene rings is 1. The quantitative estimate of drug-likeness (QED) is 0.743. The lowest BCUT2D eigenvalue weighted by Gasteiger charge is -2.04. The molecule has 1 N–H and O–H groups in total. The second kappa shape index (κ2) is 4.28. The molecular weight excluding hydrogens is 268 g/mol. The van der Waals surface area contributed by atoms with Gasteiger partial charge in [0, 0.05) is 10.4 Å². The van der Waals surface area contributed by atoms with Crippen LogP contribution in [0.3, 0.4) is 0 Å². The lowest BCUT2D eigenvalue weighted by atomic mass is 10.1. The largest absolute Gasteiger partial charge is 0.306 e. The molecule has 0 atom stereocenters. The van der Waals surface area contributed by atoms with Crippen LogP contribution in [-0.4, -0.2) is 9.97 Å². The van der Waals surface area contributed by atoms with Gasteiger partial charge in [-0.05, 0) is 37.3 Å². The fourth-order valence-electron chi connectivity index (χ4n) is 2.97. The molecule has 4 heteroatoms. The summed E-state index contributed by atoms with van der Waals surface area (Å²) in [6, 6.07) is 8.00. The van der Waals surface area contributed by atoms with Gasteiger partial charge in [-0.3, -0.25) is 4.79 Å². The van der Waals surface area contributed by atoms with Gasteiger partial charge in [0.2, 0.25) is 0 Å². The zero-order valence-corrected chi connectivity index (χ0v) is 12.0. The minimum Gasteiger partial charge on any atom is -0.306 e. The van der Waals surface area contributed by atoms with Gasteiger partial charge in [0.25, 0.3) is 5.56 Å². The molecule has 3 nitrogen and oxygen atoms in total. The Balaban J connectivity index is 2.00. The van der Waals surface area contributed by atoms with Crippen LogP contribution < -0.4 is 5.56 Å². The lowest BCUT2D eigenvalue weighted by Crippen LogP contribution is -2.09. The number of hydrogen-bond acceptors (Lipinski definition) is 3. The zero-order chi connectivity index (χ0) is 13.7. The Bertz CT molecular complexity index is 876. The average molecular weight is 282 g/mol. The number of nitrogens with one attached hydrogen (secondary N) is 1. The fourth-order valence-corrected chi connectivity index (χ4v) is 4.23. The first-order valence-electron chi connectivity index (χ1n) is 6.84. The Morgan fingerprint density at radius 2 is 2.10 bits per heavy atom. The van der Waals surface area contributed by atoms with E-state index in [0.29, 0.717) is 5.82 Å². The summed E-state index contributed by atoms with van der Waals surface area (Å²) in [4.78, 5) is 22.3. The van der Waals surface area contributed by atoms with E-state index >= 15 is 0 Å². The summed E-state index contributed by atoms with van der Waals surface area (Å²) in [5.41, 5.74) is 3.36. The minimum absolute atomic E-state index is 0.00709. The molecule has 0 amide bonds. The number of aromatic amines is 1. The molecule has 0 saturated heterocycles. The average Bonchev–Trinajstić information content (AvgIpc) is 2.98. The summed E-state index contributed by atoms with van der Waals surface area (Å²) in [6.45, 7) is 2.04. The molecule has 3 aromatic rings. The third kappa shape index (κ3) is 1.64. The number of aromatic nitrogens is 2. The van der Waals surface area contributed by atoms with Gasteiger partial charge in [0.1, 0.15) is 10.7 Å². The number of rotatable bonds is 1.